The third kappa shape index (κ3) is 1.76. The molecule has 1 aliphatic carbocycles. The van der Waals surface area contributed by atoms with E-state index in [1.54, 1.807) is 0 Å². The first-order valence-electron chi connectivity index (χ1n) is 4.33. The predicted molar refractivity (Wildman–Crippen MR) is 45.2 cm³/mol. The molecule has 0 spiro atoms. The summed E-state index contributed by atoms with van der Waals surface area (Å²) in [5, 5.41) is 11.3. The summed E-state index contributed by atoms with van der Waals surface area (Å²) in [5.74, 6) is 0.0379. The lowest BCUT2D eigenvalue weighted by Gasteiger charge is -2.12. The molecule has 0 aromatic rings. The van der Waals surface area contributed by atoms with Crippen LogP contribution in [0.3, 0.4) is 0 Å². The van der Waals surface area contributed by atoms with E-state index in [0.29, 0.717) is 6.42 Å². The Morgan fingerprint density at radius 2 is 2.33 bits per heavy atom. The zero-order chi connectivity index (χ0) is 9.19. The molecule has 0 aliphatic heterocycles. The molecule has 3 heteroatoms. The molecule has 0 aromatic heterocycles. The monoisotopic (exact) mass is 166 g/mol. The van der Waals surface area contributed by atoms with E-state index in [1.807, 2.05) is 13.8 Å². The largest absolute Gasteiger partial charge is 0.340 e. The van der Waals surface area contributed by atoms with Crippen LogP contribution in [0.25, 0.3) is 0 Å². The van der Waals surface area contributed by atoms with Crippen molar-refractivity contribution in [3.8, 4) is 6.07 Å². The molecule has 12 heavy (non-hydrogen) atoms. The normalized spacial score (nSPS) is 20.8. The minimum Gasteiger partial charge on any atom is -0.340 e. The van der Waals surface area contributed by atoms with Gasteiger partial charge >= 0.3 is 0 Å². The maximum absolute atomic E-state index is 11.4. The summed E-state index contributed by atoms with van der Waals surface area (Å²) >= 11 is 0. The van der Waals surface area contributed by atoms with Gasteiger partial charge in [0.1, 0.15) is 6.04 Å². The molecule has 0 bridgehead atoms. The van der Waals surface area contributed by atoms with Crippen LogP contribution < -0.4 is 5.32 Å². The summed E-state index contributed by atoms with van der Waals surface area (Å²) in [4.78, 5) is 11.4. The first-order chi connectivity index (χ1) is 5.62. The topological polar surface area (TPSA) is 52.9 Å². The molecule has 1 atom stereocenters. The van der Waals surface area contributed by atoms with Crippen LogP contribution >= 0.6 is 0 Å². The third-order valence-corrected chi connectivity index (χ3v) is 2.42. The Hall–Kier alpha value is -1.04. The Kier molecular flexibility index (Phi) is 2.37. The van der Waals surface area contributed by atoms with E-state index in [4.69, 9.17) is 5.26 Å². The van der Waals surface area contributed by atoms with E-state index in [-0.39, 0.29) is 17.4 Å². The number of carbonyl (C=O) groups excluding carboxylic acids is 1. The molecule has 1 rings (SSSR count). The van der Waals surface area contributed by atoms with Gasteiger partial charge in [-0.05, 0) is 19.3 Å². The molecule has 0 aromatic carbocycles. The third-order valence-electron chi connectivity index (χ3n) is 2.42. The zero-order valence-corrected chi connectivity index (χ0v) is 7.55. The number of nitrogens with one attached hydrogen (secondary N) is 1. The number of amides is 1. The summed E-state index contributed by atoms with van der Waals surface area (Å²) in [6, 6.07) is 1.74. The van der Waals surface area contributed by atoms with Crippen molar-refractivity contribution in [3.63, 3.8) is 0 Å². The molecule has 3 nitrogen and oxygen atoms in total. The van der Waals surface area contributed by atoms with Crippen molar-refractivity contribution in [2.75, 3.05) is 0 Å². The summed E-state index contributed by atoms with van der Waals surface area (Å²) in [6.07, 6.45) is 2.60. The van der Waals surface area contributed by atoms with Gasteiger partial charge in [0.05, 0.1) is 6.07 Å². The van der Waals surface area contributed by atoms with Gasteiger partial charge in [-0.2, -0.15) is 5.26 Å². The lowest BCUT2D eigenvalue weighted by molar-refractivity contribution is -0.126. The van der Waals surface area contributed by atoms with Crippen LogP contribution in [-0.4, -0.2) is 11.9 Å². The molecule has 66 valence electrons. The molecule has 1 saturated carbocycles. The van der Waals surface area contributed by atoms with Gasteiger partial charge in [0.25, 0.3) is 0 Å². The van der Waals surface area contributed by atoms with Crippen LogP contribution in [-0.2, 0) is 4.79 Å². The predicted octanol–water partition coefficient (Wildman–Crippen LogP) is 1.20. The Morgan fingerprint density at radius 1 is 1.75 bits per heavy atom. The number of hydrogen-bond donors (Lipinski definition) is 1. The van der Waals surface area contributed by atoms with Gasteiger partial charge in [0.15, 0.2) is 0 Å². The Bertz CT molecular complexity index is 225. The second-order valence-electron chi connectivity index (χ2n) is 3.62. The zero-order valence-electron chi connectivity index (χ0n) is 7.55. The number of hydrogen-bond acceptors (Lipinski definition) is 2. The van der Waals surface area contributed by atoms with Gasteiger partial charge < -0.3 is 5.32 Å². The summed E-state index contributed by atoms with van der Waals surface area (Å²) < 4.78 is 0. The molecular weight excluding hydrogens is 152 g/mol. The van der Waals surface area contributed by atoms with E-state index in [0.717, 1.165) is 12.8 Å². The number of nitriles is 1. The lowest BCUT2D eigenvalue weighted by Crippen LogP contribution is -2.37. The highest BCUT2D eigenvalue weighted by atomic mass is 16.2. The van der Waals surface area contributed by atoms with E-state index in [1.165, 1.54) is 0 Å². The molecule has 1 fully saturated rings. The first kappa shape index (κ1) is 9.05. The van der Waals surface area contributed by atoms with Crippen LogP contribution in [0.5, 0.6) is 0 Å². The number of rotatable bonds is 3. The molecule has 0 heterocycles. The Labute approximate surface area is 72.8 Å². The summed E-state index contributed by atoms with van der Waals surface area (Å²) in [6.45, 7) is 3.83. The molecule has 1 unspecified atom stereocenters. The maximum Gasteiger partial charge on any atom is 0.226 e. The molecular formula is C9H14N2O. The Balaban J connectivity index is 2.41. The Morgan fingerprint density at radius 3 is 2.67 bits per heavy atom. The standard InChI is InChI=1S/C9H14N2O/c1-3-7(6-10)11-8(12)9(2)4-5-9/h7H,3-5H2,1-2H3,(H,11,12). The van der Waals surface area contributed by atoms with Crippen molar-refractivity contribution in [1.29, 1.82) is 5.26 Å². The van der Waals surface area contributed by atoms with Crippen molar-refractivity contribution in [1.82, 2.24) is 5.32 Å². The van der Waals surface area contributed by atoms with E-state index in [9.17, 15) is 4.79 Å². The highest BCUT2D eigenvalue weighted by molar-refractivity contribution is 5.85. The fraction of sp³-hybridized carbons (Fsp3) is 0.778. The van der Waals surface area contributed by atoms with Crippen molar-refractivity contribution in [2.45, 2.75) is 39.2 Å². The van der Waals surface area contributed by atoms with Gasteiger partial charge in [0, 0.05) is 5.41 Å². The van der Waals surface area contributed by atoms with Gasteiger partial charge in [-0.1, -0.05) is 13.8 Å². The second-order valence-corrected chi connectivity index (χ2v) is 3.62. The smallest absolute Gasteiger partial charge is 0.226 e. The van der Waals surface area contributed by atoms with Crippen LogP contribution in [0.15, 0.2) is 0 Å². The highest BCUT2D eigenvalue weighted by Crippen LogP contribution is 2.45. The molecule has 0 radical (unpaired) electrons. The molecule has 1 aliphatic rings. The fourth-order valence-corrected chi connectivity index (χ4v) is 0.973. The first-order valence-corrected chi connectivity index (χ1v) is 4.33. The SMILES string of the molecule is CCC(C#N)NC(=O)C1(C)CC1. The average molecular weight is 166 g/mol. The fourth-order valence-electron chi connectivity index (χ4n) is 0.973. The molecule has 0 saturated heterocycles. The minimum atomic E-state index is -0.310. The van der Waals surface area contributed by atoms with Gasteiger partial charge in [0.2, 0.25) is 5.91 Å². The van der Waals surface area contributed by atoms with E-state index in [2.05, 4.69) is 11.4 Å². The molecule has 1 amide bonds. The maximum atomic E-state index is 11.4. The minimum absolute atomic E-state index is 0.0379. The van der Waals surface area contributed by atoms with Crippen molar-refractivity contribution < 1.29 is 4.79 Å². The van der Waals surface area contributed by atoms with Gasteiger partial charge in [-0.3, -0.25) is 4.79 Å². The highest BCUT2D eigenvalue weighted by Gasteiger charge is 2.45. The second kappa shape index (κ2) is 3.14. The molecule has 1 N–H and O–H groups in total. The van der Waals surface area contributed by atoms with E-state index < -0.39 is 0 Å². The summed E-state index contributed by atoms with van der Waals surface area (Å²) in [5.41, 5.74) is -0.162. The number of carbonyl (C=O) groups is 1. The van der Waals surface area contributed by atoms with Crippen LogP contribution in [0.4, 0.5) is 0 Å². The van der Waals surface area contributed by atoms with Crippen LogP contribution in [0.1, 0.15) is 33.1 Å². The number of nitrogens with zero attached hydrogens (tertiary/aromatic N) is 1. The van der Waals surface area contributed by atoms with Crippen molar-refractivity contribution >= 4 is 5.91 Å². The van der Waals surface area contributed by atoms with Crippen molar-refractivity contribution in [3.05, 3.63) is 0 Å². The van der Waals surface area contributed by atoms with Gasteiger partial charge in [-0.15, -0.1) is 0 Å². The average Bonchev–Trinajstić information content (AvgIpc) is 2.80. The van der Waals surface area contributed by atoms with Crippen molar-refractivity contribution in [2.24, 2.45) is 5.41 Å². The van der Waals surface area contributed by atoms with Crippen LogP contribution in [0.2, 0.25) is 0 Å². The van der Waals surface area contributed by atoms with E-state index >= 15 is 0 Å². The van der Waals surface area contributed by atoms with Crippen LogP contribution in [0, 0.1) is 16.7 Å². The summed E-state index contributed by atoms with van der Waals surface area (Å²) in [7, 11) is 0. The quantitative estimate of drug-likeness (QED) is 0.685. The van der Waals surface area contributed by atoms with Gasteiger partial charge in [-0.25, -0.2) is 0 Å². The lowest BCUT2D eigenvalue weighted by atomic mass is 10.1.